The Hall–Kier alpha value is -0.770. The molecule has 1 N–H and O–H groups in total. The van der Waals surface area contributed by atoms with Gasteiger partial charge in [0.1, 0.15) is 0 Å². The third-order valence-corrected chi connectivity index (χ3v) is 4.92. The molecule has 1 saturated carbocycles. The maximum absolute atomic E-state index is 6.49. The van der Waals surface area contributed by atoms with Gasteiger partial charge in [-0.25, -0.2) is 0 Å². The summed E-state index contributed by atoms with van der Waals surface area (Å²) in [6.45, 7) is 4.44. The van der Waals surface area contributed by atoms with Crippen LogP contribution < -0.4 is 10.2 Å². The van der Waals surface area contributed by atoms with E-state index in [4.69, 9.17) is 11.6 Å². The van der Waals surface area contributed by atoms with E-state index in [2.05, 4.69) is 47.4 Å². The SMILES string of the molecule is CN1CCC(CN(C)c2ccc(CNC3CC3)cc2Cl)C1. The van der Waals surface area contributed by atoms with Crippen molar-refractivity contribution in [3.63, 3.8) is 0 Å². The number of anilines is 1. The van der Waals surface area contributed by atoms with Gasteiger partial charge in [-0.1, -0.05) is 17.7 Å². The third-order valence-electron chi connectivity index (χ3n) is 4.62. The molecule has 4 heteroatoms. The molecule has 1 saturated heterocycles. The molecular formula is C17H26ClN3. The first-order chi connectivity index (χ1) is 10.1. The first kappa shape index (κ1) is 15.1. The summed E-state index contributed by atoms with van der Waals surface area (Å²) in [6, 6.07) is 7.23. The minimum Gasteiger partial charge on any atom is -0.373 e. The summed E-state index contributed by atoms with van der Waals surface area (Å²) in [6.07, 6.45) is 3.94. The molecule has 0 amide bonds. The van der Waals surface area contributed by atoms with Crippen molar-refractivity contribution < 1.29 is 0 Å². The highest BCUT2D eigenvalue weighted by atomic mass is 35.5. The summed E-state index contributed by atoms with van der Waals surface area (Å²) in [7, 11) is 4.36. The van der Waals surface area contributed by atoms with Crippen LogP contribution in [0.2, 0.25) is 5.02 Å². The van der Waals surface area contributed by atoms with Gasteiger partial charge in [-0.05, 0) is 56.5 Å². The fourth-order valence-corrected chi connectivity index (χ4v) is 3.53. The van der Waals surface area contributed by atoms with Crippen LogP contribution in [0.3, 0.4) is 0 Å². The molecule has 1 heterocycles. The second kappa shape index (κ2) is 6.55. The zero-order valence-electron chi connectivity index (χ0n) is 13.1. The molecule has 3 rings (SSSR count). The van der Waals surface area contributed by atoms with Crippen LogP contribution in [0.5, 0.6) is 0 Å². The minimum atomic E-state index is 0.741. The van der Waals surface area contributed by atoms with Gasteiger partial charge in [-0.15, -0.1) is 0 Å². The van der Waals surface area contributed by atoms with E-state index < -0.39 is 0 Å². The number of nitrogens with zero attached hydrogens (tertiary/aromatic N) is 2. The van der Waals surface area contributed by atoms with Crippen LogP contribution in [-0.4, -0.2) is 44.7 Å². The van der Waals surface area contributed by atoms with Gasteiger partial charge in [0.2, 0.25) is 0 Å². The molecule has 1 aromatic rings. The number of benzene rings is 1. The lowest BCUT2D eigenvalue weighted by molar-refractivity contribution is 0.396. The summed E-state index contributed by atoms with van der Waals surface area (Å²) >= 11 is 6.49. The maximum Gasteiger partial charge on any atom is 0.0642 e. The molecule has 0 radical (unpaired) electrons. The normalized spacial score (nSPS) is 22.7. The zero-order chi connectivity index (χ0) is 14.8. The van der Waals surface area contributed by atoms with Crippen LogP contribution in [-0.2, 0) is 6.54 Å². The van der Waals surface area contributed by atoms with Crippen molar-refractivity contribution in [1.29, 1.82) is 0 Å². The highest BCUT2D eigenvalue weighted by Gasteiger charge is 2.22. The smallest absolute Gasteiger partial charge is 0.0642 e. The van der Waals surface area contributed by atoms with Gasteiger partial charge in [-0.3, -0.25) is 0 Å². The van der Waals surface area contributed by atoms with E-state index in [1.807, 2.05) is 0 Å². The molecule has 2 fully saturated rings. The largest absolute Gasteiger partial charge is 0.373 e. The van der Waals surface area contributed by atoms with Gasteiger partial charge in [-0.2, -0.15) is 0 Å². The lowest BCUT2D eigenvalue weighted by atomic mass is 10.1. The molecule has 2 aliphatic rings. The lowest BCUT2D eigenvalue weighted by Crippen LogP contribution is -2.27. The van der Waals surface area contributed by atoms with E-state index in [0.29, 0.717) is 0 Å². The number of hydrogen-bond donors (Lipinski definition) is 1. The molecule has 0 spiro atoms. The lowest BCUT2D eigenvalue weighted by Gasteiger charge is -2.24. The van der Waals surface area contributed by atoms with Crippen molar-refractivity contribution in [2.24, 2.45) is 5.92 Å². The van der Waals surface area contributed by atoms with E-state index in [9.17, 15) is 0 Å². The molecule has 21 heavy (non-hydrogen) atoms. The van der Waals surface area contributed by atoms with E-state index >= 15 is 0 Å². The molecule has 116 valence electrons. The average Bonchev–Trinajstić information content (AvgIpc) is 3.19. The fourth-order valence-electron chi connectivity index (χ4n) is 3.18. The van der Waals surface area contributed by atoms with Crippen LogP contribution in [0.1, 0.15) is 24.8 Å². The summed E-state index contributed by atoms with van der Waals surface area (Å²) in [5.41, 5.74) is 2.44. The van der Waals surface area contributed by atoms with E-state index in [0.717, 1.165) is 35.8 Å². The molecular weight excluding hydrogens is 282 g/mol. The summed E-state index contributed by atoms with van der Waals surface area (Å²) in [5, 5.41) is 4.41. The molecule has 1 aromatic carbocycles. The van der Waals surface area contributed by atoms with Crippen molar-refractivity contribution in [2.45, 2.75) is 31.8 Å². The van der Waals surface area contributed by atoms with Crippen molar-refractivity contribution >= 4 is 17.3 Å². The Labute approximate surface area is 133 Å². The zero-order valence-corrected chi connectivity index (χ0v) is 13.9. The van der Waals surface area contributed by atoms with Gasteiger partial charge in [0.05, 0.1) is 10.7 Å². The Morgan fingerprint density at radius 3 is 2.76 bits per heavy atom. The van der Waals surface area contributed by atoms with E-state index in [-0.39, 0.29) is 0 Å². The first-order valence-corrected chi connectivity index (χ1v) is 8.41. The van der Waals surface area contributed by atoms with Crippen LogP contribution in [0.25, 0.3) is 0 Å². The van der Waals surface area contributed by atoms with Gasteiger partial charge in [0.15, 0.2) is 0 Å². The highest BCUT2D eigenvalue weighted by Crippen LogP contribution is 2.28. The summed E-state index contributed by atoms with van der Waals surface area (Å²) in [4.78, 5) is 4.72. The maximum atomic E-state index is 6.49. The topological polar surface area (TPSA) is 18.5 Å². The molecule has 1 aliphatic heterocycles. The number of hydrogen-bond acceptors (Lipinski definition) is 3. The van der Waals surface area contributed by atoms with E-state index in [1.165, 1.54) is 37.9 Å². The average molecular weight is 308 g/mol. The molecule has 0 bridgehead atoms. The Balaban J connectivity index is 1.58. The number of nitrogens with one attached hydrogen (secondary N) is 1. The molecule has 1 atom stereocenters. The standard InChI is InChI=1S/C17H26ClN3/c1-20-8-7-14(11-20)12-21(2)17-6-3-13(9-16(17)18)10-19-15-4-5-15/h3,6,9,14-15,19H,4-5,7-8,10-12H2,1-2H3. The first-order valence-electron chi connectivity index (χ1n) is 8.03. The van der Waals surface area contributed by atoms with Crippen molar-refractivity contribution in [2.75, 3.05) is 38.6 Å². The molecule has 0 aromatic heterocycles. The van der Waals surface area contributed by atoms with Gasteiger partial charge < -0.3 is 15.1 Å². The minimum absolute atomic E-state index is 0.741. The molecule has 1 aliphatic carbocycles. The van der Waals surface area contributed by atoms with Crippen LogP contribution in [0.4, 0.5) is 5.69 Å². The van der Waals surface area contributed by atoms with Crippen LogP contribution in [0, 0.1) is 5.92 Å². The predicted octanol–water partition coefficient (Wildman–Crippen LogP) is 2.98. The van der Waals surface area contributed by atoms with Crippen molar-refractivity contribution in [3.8, 4) is 0 Å². The predicted molar refractivity (Wildman–Crippen MR) is 90.2 cm³/mol. The summed E-state index contributed by atoms with van der Waals surface area (Å²) in [5.74, 6) is 0.757. The van der Waals surface area contributed by atoms with Crippen LogP contribution in [0.15, 0.2) is 18.2 Å². The second-order valence-corrected chi connectivity index (χ2v) is 7.15. The Morgan fingerprint density at radius 1 is 1.33 bits per heavy atom. The number of halogens is 1. The van der Waals surface area contributed by atoms with Crippen LogP contribution >= 0.6 is 11.6 Å². The quantitative estimate of drug-likeness (QED) is 0.871. The monoisotopic (exact) mass is 307 g/mol. The van der Waals surface area contributed by atoms with Gasteiger partial charge >= 0.3 is 0 Å². The Kier molecular flexibility index (Phi) is 4.72. The summed E-state index contributed by atoms with van der Waals surface area (Å²) < 4.78 is 0. The Morgan fingerprint density at radius 2 is 2.14 bits per heavy atom. The van der Waals surface area contributed by atoms with Gasteiger partial charge in [0.25, 0.3) is 0 Å². The number of rotatable bonds is 6. The van der Waals surface area contributed by atoms with E-state index in [1.54, 1.807) is 0 Å². The number of likely N-dealkylation sites (tertiary alicyclic amines) is 1. The second-order valence-electron chi connectivity index (χ2n) is 6.74. The fraction of sp³-hybridized carbons (Fsp3) is 0.647. The molecule has 3 nitrogen and oxygen atoms in total. The van der Waals surface area contributed by atoms with Gasteiger partial charge in [0, 0.05) is 32.7 Å². The molecule has 1 unspecified atom stereocenters. The highest BCUT2D eigenvalue weighted by molar-refractivity contribution is 6.33. The Bertz CT molecular complexity index is 487. The van der Waals surface area contributed by atoms with Crippen molar-refractivity contribution in [1.82, 2.24) is 10.2 Å². The van der Waals surface area contributed by atoms with Crippen molar-refractivity contribution in [3.05, 3.63) is 28.8 Å². The third kappa shape index (κ3) is 4.12.